The molecule has 6 nitrogen and oxygen atoms in total. The van der Waals surface area contributed by atoms with E-state index >= 15 is 0 Å². The van der Waals surface area contributed by atoms with Gasteiger partial charge in [-0.2, -0.15) is 0 Å². The fraction of sp³-hybridized carbons (Fsp3) is 0.789. The number of hydrogen-bond acceptors (Lipinski definition) is 6. The molecule has 0 radical (unpaired) electrons. The van der Waals surface area contributed by atoms with Crippen molar-refractivity contribution in [1.82, 2.24) is 9.80 Å². The molecular formula is C19H30N2O4. The van der Waals surface area contributed by atoms with Gasteiger partial charge in [0.1, 0.15) is 17.1 Å². The molecule has 0 amide bonds. The molecule has 6 heteroatoms. The van der Waals surface area contributed by atoms with Crippen LogP contribution in [0.15, 0.2) is 16.5 Å². The van der Waals surface area contributed by atoms with Crippen LogP contribution in [0.2, 0.25) is 0 Å². The van der Waals surface area contributed by atoms with Crippen molar-refractivity contribution in [2.75, 3.05) is 59.2 Å². The normalized spacial score (nSPS) is 32.3. The maximum absolute atomic E-state index is 6.57. The number of furan rings is 1. The highest BCUT2D eigenvalue weighted by molar-refractivity contribution is 5.06. The number of nitrogens with zero attached hydrogens (tertiary/aromatic N) is 2. The molecule has 4 heterocycles. The summed E-state index contributed by atoms with van der Waals surface area (Å²) in [6.07, 6.45) is 2.51. The second-order valence-corrected chi connectivity index (χ2v) is 7.65. The molecule has 1 aromatic rings. The van der Waals surface area contributed by atoms with Crippen LogP contribution in [0.5, 0.6) is 0 Å². The van der Waals surface area contributed by atoms with Crippen LogP contribution in [0.4, 0.5) is 0 Å². The Morgan fingerprint density at radius 2 is 1.88 bits per heavy atom. The van der Waals surface area contributed by atoms with Crippen LogP contribution in [0.1, 0.15) is 24.4 Å². The average Bonchev–Trinajstić information content (AvgIpc) is 3.12. The maximum Gasteiger partial charge on any atom is 0.118 e. The third-order valence-electron chi connectivity index (χ3n) is 5.51. The van der Waals surface area contributed by atoms with Gasteiger partial charge in [-0.1, -0.05) is 0 Å². The van der Waals surface area contributed by atoms with Gasteiger partial charge in [0.2, 0.25) is 0 Å². The zero-order chi connectivity index (χ0) is 17.1. The number of aryl methyl sites for hydroxylation is 1. The zero-order valence-electron chi connectivity index (χ0n) is 15.2. The predicted molar refractivity (Wildman–Crippen MR) is 93.6 cm³/mol. The average molecular weight is 350 g/mol. The van der Waals surface area contributed by atoms with Crippen molar-refractivity contribution < 1.29 is 18.6 Å². The molecule has 3 saturated heterocycles. The second kappa shape index (κ2) is 7.76. The van der Waals surface area contributed by atoms with Crippen molar-refractivity contribution >= 4 is 0 Å². The lowest BCUT2D eigenvalue weighted by molar-refractivity contribution is -0.0969. The molecular weight excluding hydrogens is 320 g/mol. The highest BCUT2D eigenvalue weighted by Gasteiger charge is 2.43. The van der Waals surface area contributed by atoms with E-state index in [-0.39, 0.29) is 5.60 Å². The zero-order valence-corrected chi connectivity index (χ0v) is 15.2. The molecule has 0 aliphatic carbocycles. The van der Waals surface area contributed by atoms with E-state index in [1.807, 2.05) is 13.0 Å². The van der Waals surface area contributed by atoms with E-state index in [1.165, 1.54) is 0 Å². The third kappa shape index (κ3) is 4.44. The van der Waals surface area contributed by atoms with Gasteiger partial charge >= 0.3 is 0 Å². The van der Waals surface area contributed by atoms with Crippen molar-refractivity contribution in [3.8, 4) is 0 Å². The minimum Gasteiger partial charge on any atom is -0.465 e. The SMILES string of the molecule is Cc1ccc(CN2CCOC[C@]3(CC[C@H](CN4CCOCC4)O3)C2)o1. The van der Waals surface area contributed by atoms with Crippen molar-refractivity contribution in [3.05, 3.63) is 23.7 Å². The summed E-state index contributed by atoms with van der Waals surface area (Å²) in [5.74, 6) is 2.00. The van der Waals surface area contributed by atoms with E-state index in [0.29, 0.717) is 12.7 Å². The predicted octanol–water partition coefficient (Wildman–Crippen LogP) is 1.67. The quantitative estimate of drug-likeness (QED) is 0.823. The summed E-state index contributed by atoms with van der Waals surface area (Å²) in [5.41, 5.74) is -0.158. The highest BCUT2D eigenvalue weighted by atomic mass is 16.6. The van der Waals surface area contributed by atoms with Gasteiger partial charge in [-0.15, -0.1) is 0 Å². The van der Waals surface area contributed by atoms with Gasteiger partial charge in [0, 0.05) is 32.7 Å². The molecule has 0 saturated carbocycles. The molecule has 3 aliphatic heterocycles. The van der Waals surface area contributed by atoms with Gasteiger partial charge in [-0.25, -0.2) is 0 Å². The van der Waals surface area contributed by atoms with E-state index in [0.717, 1.165) is 83.5 Å². The van der Waals surface area contributed by atoms with E-state index in [4.69, 9.17) is 18.6 Å². The highest BCUT2D eigenvalue weighted by Crippen LogP contribution is 2.34. The van der Waals surface area contributed by atoms with Crippen molar-refractivity contribution in [2.45, 2.75) is 38.0 Å². The summed E-state index contributed by atoms with van der Waals surface area (Å²) in [6.45, 7) is 10.9. The minimum atomic E-state index is -0.158. The molecule has 25 heavy (non-hydrogen) atoms. The van der Waals surface area contributed by atoms with Gasteiger partial charge < -0.3 is 18.6 Å². The van der Waals surface area contributed by atoms with Gasteiger partial charge in [0.15, 0.2) is 0 Å². The summed E-state index contributed by atoms with van der Waals surface area (Å²) in [7, 11) is 0. The Bertz CT molecular complexity index is 557. The largest absolute Gasteiger partial charge is 0.465 e. The monoisotopic (exact) mass is 350 g/mol. The Kier molecular flexibility index (Phi) is 5.43. The van der Waals surface area contributed by atoms with Crippen LogP contribution in [-0.2, 0) is 20.8 Å². The Labute approximate surface area is 150 Å². The first-order valence-corrected chi connectivity index (χ1v) is 9.54. The van der Waals surface area contributed by atoms with Crippen molar-refractivity contribution in [1.29, 1.82) is 0 Å². The van der Waals surface area contributed by atoms with Crippen molar-refractivity contribution in [3.63, 3.8) is 0 Å². The topological polar surface area (TPSA) is 47.3 Å². The van der Waals surface area contributed by atoms with Crippen LogP contribution in [0, 0.1) is 6.92 Å². The number of hydrogen-bond donors (Lipinski definition) is 0. The lowest BCUT2D eigenvalue weighted by Crippen LogP contribution is -2.46. The first-order valence-electron chi connectivity index (χ1n) is 9.54. The summed E-state index contributed by atoms with van der Waals surface area (Å²) >= 11 is 0. The third-order valence-corrected chi connectivity index (χ3v) is 5.51. The number of rotatable bonds is 4. The summed E-state index contributed by atoms with van der Waals surface area (Å²) in [5, 5.41) is 0. The Morgan fingerprint density at radius 1 is 1.08 bits per heavy atom. The molecule has 4 rings (SSSR count). The lowest BCUT2D eigenvalue weighted by Gasteiger charge is -2.33. The molecule has 140 valence electrons. The van der Waals surface area contributed by atoms with Crippen LogP contribution >= 0.6 is 0 Å². The Balaban J connectivity index is 1.35. The molecule has 0 N–H and O–H groups in total. The minimum absolute atomic E-state index is 0.158. The van der Waals surface area contributed by atoms with Crippen LogP contribution in [-0.4, -0.2) is 80.7 Å². The van der Waals surface area contributed by atoms with Gasteiger partial charge in [0.05, 0.1) is 39.1 Å². The first kappa shape index (κ1) is 17.5. The first-order chi connectivity index (χ1) is 12.2. The number of ether oxygens (including phenoxy) is 3. The molecule has 1 aromatic heterocycles. The second-order valence-electron chi connectivity index (χ2n) is 7.65. The van der Waals surface area contributed by atoms with E-state index < -0.39 is 0 Å². The molecule has 2 atom stereocenters. The molecule has 0 unspecified atom stereocenters. The van der Waals surface area contributed by atoms with E-state index in [9.17, 15) is 0 Å². The summed E-state index contributed by atoms with van der Waals surface area (Å²) in [6, 6.07) is 4.11. The standard InChI is InChI=1S/C19H30N2O4/c1-16-2-3-17(24-16)12-21-8-11-23-15-19(14-21)5-4-18(25-19)13-20-6-9-22-10-7-20/h2-3,18H,4-15H2,1H3/t18-,19+/m1/s1. The van der Waals surface area contributed by atoms with Crippen LogP contribution < -0.4 is 0 Å². The summed E-state index contributed by atoms with van der Waals surface area (Å²) in [4.78, 5) is 4.89. The lowest BCUT2D eigenvalue weighted by atomic mass is 10.00. The van der Waals surface area contributed by atoms with E-state index in [2.05, 4.69) is 15.9 Å². The molecule has 3 aliphatic rings. The molecule has 0 bridgehead atoms. The number of morpholine rings is 1. The fourth-order valence-corrected chi connectivity index (χ4v) is 4.23. The smallest absolute Gasteiger partial charge is 0.118 e. The maximum atomic E-state index is 6.57. The summed E-state index contributed by atoms with van der Waals surface area (Å²) < 4.78 is 23.7. The van der Waals surface area contributed by atoms with Gasteiger partial charge in [0.25, 0.3) is 0 Å². The molecule has 3 fully saturated rings. The Hall–Kier alpha value is -0.920. The van der Waals surface area contributed by atoms with Crippen LogP contribution in [0.25, 0.3) is 0 Å². The fourth-order valence-electron chi connectivity index (χ4n) is 4.23. The Morgan fingerprint density at radius 3 is 2.68 bits per heavy atom. The molecule has 1 spiro atoms. The van der Waals surface area contributed by atoms with E-state index in [1.54, 1.807) is 0 Å². The van der Waals surface area contributed by atoms with Crippen molar-refractivity contribution in [2.24, 2.45) is 0 Å². The van der Waals surface area contributed by atoms with Gasteiger partial charge in [-0.05, 0) is 31.9 Å². The molecule has 0 aromatic carbocycles. The van der Waals surface area contributed by atoms with Crippen LogP contribution in [0.3, 0.4) is 0 Å². The van der Waals surface area contributed by atoms with Gasteiger partial charge in [-0.3, -0.25) is 9.80 Å².